The number of nitrogens with one attached hydrogen (secondary N) is 1. The molecule has 0 amide bonds. The minimum atomic E-state index is -0.302. The maximum Gasteiger partial charge on any atom is 0.253 e. The number of H-pyrrole nitrogens is 1. The molecule has 0 fully saturated rings. The molecule has 6 nitrogen and oxygen atoms in total. The predicted molar refractivity (Wildman–Crippen MR) is 74.4 cm³/mol. The number of halogens is 1. The van der Waals surface area contributed by atoms with Crippen molar-refractivity contribution in [3.63, 3.8) is 0 Å². The Morgan fingerprint density at radius 3 is 2.84 bits per heavy atom. The summed E-state index contributed by atoms with van der Waals surface area (Å²) in [7, 11) is 0. The molecule has 100 valence electrons. The summed E-state index contributed by atoms with van der Waals surface area (Å²) in [5.41, 5.74) is 5.22. The van der Waals surface area contributed by atoms with Crippen LogP contribution < -0.4 is 11.3 Å². The molecule has 0 aliphatic rings. The van der Waals surface area contributed by atoms with Crippen LogP contribution in [0.15, 0.2) is 27.1 Å². The van der Waals surface area contributed by atoms with E-state index in [9.17, 15) is 4.79 Å². The lowest BCUT2D eigenvalue weighted by atomic mass is 10.3. The third-order valence-corrected chi connectivity index (χ3v) is 3.13. The first-order valence-electron chi connectivity index (χ1n) is 5.65. The average Bonchev–Trinajstić information content (AvgIpc) is 2.26. The van der Waals surface area contributed by atoms with Crippen molar-refractivity contribution in [2.75, 3.05) is 5.73 Å². The van der Waals surface area contributed by atoms with Crippen molar-refractivity contribution in [3.05, 3.63) is 33.5 Å². The van der Waals surface area contributed by atoms with Gasteiger partial charge in [-0.25, -0.2) is 15.0 Å². The van der Waals surface area contributed by atoms with Crippen molar-refractivity contribution in [2.45, 2.75) is 29.9 Å². The Bertz CT molecular complexity index is 645. The lowest BCUT2D eigenvalue weighted by Crippen LogP contribution is -2.09. The Balaban J connectivity index is 2.29. The first-order valence-corrected chi connectivity index (χ1v) is 6.84. The van der Waals surface area contributed by atoms with Crippen LogP contribution in [0.4, 0.5) is 5.82 Å². The number of hydrogen-bond acceptors (Lipinski definition) is 6. The Hall–Kier alpha value is -1.60. The average molecular weight is 298 g/mol. The predicted octanol–water partition coefficient (Wildman–Crippen LogP) is 1.90. The van der Waals surface area contributed by atoms with E-state index >= 15 is 0 Å². The van der Waals surface area contributed by atoms with E-state index in [4.69, 9.17) is 17.3 Å². The first kappa shape index (κ1) is 13.8. The number of nitrogens with two attached hydrogens (primary N) is 1. The van der Waals surface area contributed by atoms with E-state index < -0.39 is 0 Å². The van der Waals surface area contributed by atoms with Crippen LogP contribution in [0.2, 0.25) is 5.15 Å². The first-order chi connectivity index (χ1) is 9.06. The van der Waals surface area contributed by atoms with Gasteiger partial charge in [-0.2, -0.15) is 0 Å². The molecule has 0 unspecified atom stereocenters. The van der Waals surface area contributed by atoms with Crippen molar-refractivity contribution in [1.29, 1.82) is 0 Å². The van der Waals surface area contributed by atoms with Crippen LogP contribution in [0.5, 0.6) is 0 Å². The highest BCUT2D eigenvalue weighted by Crippen LogP contribution is 2.24. The zero-order chi connectivity index (χ0) is 13.8. The van der Waals surface area contributed by atoms with Gasteiger partial charge in [-0.1, -0.05) is 18.5 Å². The summed E-state index contributed by atoms with van der Waals surface area (Å²) in [6.07, 6.45) is 1.67. The molecule has 0 spiro atoms. The molecule has 0 aromatic carbocycles. The minimum absolute atomic E-state index is 0.167. The molecule has 19 heavy (non-hydrogen) atoms. The second-order valence-electron chi connectivity index (χ2n) is 3.77. The largest absolute Gasteiger partial charge is 0.383 e. The van der Waals surface area contributed by atoms with Crippen LogP contribution in [0, 0.1) is 0 Å². The van der Waals surface area contributed by atoms with Gasteiger partial charge in [0.05, 0.1) is 0 Å². The third-order valence-electron chi connectivity index (χ3n) is 2.13. The lowest BCUT2D eigenvalue weighted by molar-refractivity contribution is 0.808. The molecule has 0 aliphatic heterocycles. The fourth-order valence-corrected chi connectivity index (χ4v) is 2.52. The summed E-state index contributed by atoms with van der Waals surface area (Å²) >= 11 is 7.12. The summed E-state index contributed by atoms with van der Waals surface area (Å²) in [5, 5.41) is 1.37. The Kier molecular flexibility index (Phi) is 4.39. The van der Waals surface area contributed by atoms with E-state index in [0.29, 0.717) is 21.2 Å². The van der Waals surface area contributed by atoms with E-state index in [1.54, 1.807) is 6.07 Å². The van der Waals surface area contributed by atoms with Crippen LogP contribution in [0.1, 0.15) is 19.2 Å². The number of rotatable bonds is 4. The van der Waals surface area contributed by atoms with Crippen LogP contribution in [-0.4, -0.2) is 19.9 Å². The number of aryl methyl sites for hydroxylation is 1. The van der Waals surface area contributed by atoms with Gasteiger partial charge in [0.15, 0.2) is 5.16 Å². The summed E-state index contributed by atoms with van der Waals surface area (Å²) in [6.45, 7) is 2.04. The fraction of sp³-hybridized carbons (Fsp3) is 0.273. The molecule has 2 aromatic rings. The van der Waals surface area contributed by atoms with E-state index in [1.165, 1.54) is 17.8 Å². The summed E-state index contributed by atoms with van der Waals surface area (Å²) < 4.78 is 0. The second-order valence-corrected chi connectivity index (χ2v) is 5.17. The van der Waals surface area contributed by atoms with Crippen molar-refractivity contribution in [3.8, 4) is 0 Å². The van der Waals surface area contributed by atoms with Gasteiger partial charge in [-0.05, 0) is 18.2 Å². The van der Waals surface area contributed by atoms with Gasteiger partial charge in [0.2, 0.25) is 0 Å². The van der Waals surface area contributed by atoms with Crippen molar-refractivity contribution in [1.82, 2.24) is 19.9 Å². The maximum atomic E-state index is 11.3. The van der Waals surface area contributed by atoms with Crippen LogP contribution in [-0.2, 0) is 6.42 Å². The summed E-state index contributed by atoms with van der Waals surface area (Å²) in [5.74, 6) is 0.837. The van der Waals surface area contributed by atoms with Gasteiger partial charge in [0.25, 0.3) is 5.56 Å². The standard InChI is InChI=1S/C11H12ClN5OS/c1-2-3-8-14-6(12)4-10(16-8)19-11-15-7(13)5-9(18)17-11/h4-5H,2-3H2,1H3,(H3,13,15,17,18). The summed E-state index contributed by atoms with van der Waals surface area (Å²) in [4.78, 5) is 26.4. The van der Waals surface area contributed by atoms with Gasteiger partial charge in [-0.3, -0.25) is 4.79 Å². The van der Waals surface area contributed by atoms with E-state index in [-0.39, 0.29) is 11.4 Å². The molecule has 0 atom stereocenters. The molecule has 0 saturated heterocycles. The lowest BCUT2D eigenvalue weighted by Gasteiger charge is -2.04. The number of aromatic nitrogens is 4. The van der Waals surface area contributed by atoms with Gasteiger partial charge in [-0.15, -0.1) is 0 Å². The molecular weight excluding hydrogens is 286 g/mol. The summed E-state index contributed by atoms with van der Waals surface area (Å²) in [6, 6.07) is 2.84. The molecule has 0 radical (unpaired) electrons. The second kappa shape index (κ2) is 6.03. The molecule has 0 saturated carbocycles. The normalized spacial score (nSPS) is 10.6. The van der Waals surface area contributed by atoms with E-state index in [0.717, 1.165) is 12.8 Å². The van der Waals surface area contributed by atoms with Gasteiger partial charge >= 0.3 is 0 Å². The van der Waals surface area contributed by atoms with Crippen LogP contribution in [0.25, 0.3) is 0 Å². The Morgan fingerprint density at radius 2 is 2.16 bits per heavy atom. The van der Waals surface area contributed by atoms with Crippen molar-refractivity contribution < 1.29 is 0 Å². The fourth-order valence-electron chi connectivity index (χ4n) is 1.43. The molecule has 0 aliphatic carbocycles. The SMILES string of the molecule is CCCc1nc(Cl)cc(Sc2nc(N)cc(=O)[nH]2)n1. The zero-order valence-corrected chi connectivity index (χ0v) is 11.8. The zero-order valence-electron chi connectivity index (χ0n) is 10.2. The van der Waals surface area contributed by atoms with E-state index in [2.05, 4.69) is 19.9 Å². The number of hydrogen-bond donors (Lipinski definition) is 2. The maximum absolute atomic E-state index is 11.3. The number of anilines is 1. The van der Waals surface area contributed by atoms with E-state index in [1.807, 2.05) is 6.92 Å². The molecule has 3 N–H and O–H groups in total. The number of aromatic amines is 1. The van der Waals surface area contributed by atoms with Crippen molar-refractivity contribution >= 4 is 29.2 Å². The minimum Gasteiger partial charge on any atom is -0.383 e. The molecule has 2 rings (SSSR count). The highest BCUT2D eigenvalue weighted by Gasteiger charge is 2.07. The van der Waals surface area contributed by atoms with Gasteiger partial charge < -0.3 is 10.7 Å². The Morgan fingerprint density at radius 1 is 1.37 bits per heavy atom. The smallest absolute Gasteiger partial charge is 0.253 e. The molecule has 2 aromatic heterocycles. The number of nitrogen functional groups attached to an aromatic ring is 1. The highest BCUT2D eigenvalue weighted by molar-refractivity contribution is 7.99. The topological polar surface area (TPSA) is 97.5 Å². The van der Waals surface area contributed by atoms with Crippen LogP contribution >= 0.6 is 23.4 Å². The molecule has 8 heteroatoms. The quantitative estimate of drug-likeness (QED) is 0.661. The Labute approximate surface area is 118 Å². The van der Waals surface area contributed by atoms with Gasteiger partial charge in [0, 0.05) is 18.6 Å². The monoisotopic (exact) mass is 297 g/mol. The highest BCUT2D eigenvalue weighted by atomic mass is 35.5. The third kappa shape index (κ3) is 3.93. The van der Waals surface area contributed by atoms with Gasteiger partial charge in [0.1, 0.15) is 21.8 Å². The molecule has 2 heterocycles. The number of nitrogens with zero attached hydrogens (tertiary/aromatic N) is 3. The van der Waals surface area contributed by atoms with Crippen molar-refractivity contribution in [2.24, 2.45) is 0 Å². The molecular formula is C11H12ClN5OS. The molecule has 0 bridgehead atoms. The van der Waals surface area contributed by atoms with Crippen LogP contribution in [0.3, 0.4) is 0 Å².